The molecule has 3 rings (SSSR count). The van der Waals surface area contributed by atoms with Gasteiger partial charge in [0.2, 0.25) is 0 Å². The fraction of sp³-hybridized carbons (Fsp3) is 0.267. The van der Waals surface area contributed by atoms with Gasteiger partial charge in [-0.05, 0) is 36.5 Å². The highest BCUT2D eigenvalue weighted by molar-refractivity contribution is 5.40. The zero-order valence-corrected chi connectivity index (χ0v) is 10.5. The zero-order valence-electron chi connectivity index (χ0n) is 10.5. The molecule has 1 N–H and O–H groups in total. The zero-order chi connectivity index (χ0) is 13.1. The summed E-state index contributed by atoms with van der Waals surface area (Å²) in [6.45, 7) is 0. The Labute approximate surface area is 112 Å². The molecule has 1 aromatic carbocycles. The molecule has 4 nitrogen and oxygen atoms in total. The fourth-order valence-corrected chi connectivity index (χ4v) is 2.19. The molecule has 19 heavy (non-hydrogen) atoms. The van der Waals surface area contributed by atoms with Gasteiger partial charge in [0.15, 0.2) is 5.69 Å². The summed E-state index contributed by atoms with van der Waals surface area (Å²) < 4.78 is 0. The standard InChI is InChI=1S/C15H14N4/c16-10-13-8-9-14(19-18-13)17-15(12-6-7-12)11-4-2-1-3-5-11/h1-5,8-9,12,15H,6-7H2,(H,17,19). The number of nitrogens with one attached hydrogen (secondary N) is 1. The van der Waals surface area contributed by atoms with Crippen molar-refractivity contribution in [3.63, 3.8) is 0 Å². The molecule has 1 heterocycles. The number of hydrogen-bond donors (Lipinski definition) is 1. The third-order valence-corrected chi connectivity index (χ3v) is 3.33. The monoisotopic (exact) mass is 250 g/mol. The van der Waals surface area contributed by atoms with Crippen molar-refractivity contribution in [1.29, 1.82) is 5.26 Å². The molecule has 1 aromatic heterocycles. The summed E-state index contributed by atoms with van der Waals surface area (Å²) in [7, 11) is 0. The normalized spacial score (nSPS) is 15.5. The lowest BCUT2D eigenvalue weighted by atomic mass is 10.0. The largest absolute Gasteiger partial charge is 0.361 e. The number of anilines is 1. The summed E-state index contributed by atoms with van der Waals surface area (Å²) >= 11 is 0. The molecule has 1 saturated carbocycles. The van der Waals surface area contributed by atoms with Gasteiger partial charge in [0.25, 0.3) is 0 Å². The van der Waals surface area contributed by atoms with E-state index >= 15 is 0 Å². The van der Waals surface area contributed by atoms with Crippen LogP contribution in [0, 0.1) is 17.2 Å². The van der Waals surface area contributed by atoms with Crippen LogP contribution >= 0.6 is 0 Å². The van der Waals surface area contributed by atoms with Gasteiger partial charge in [-0.2, -0.15) is 5.26 Å². The van der Waals surface area contributed by atoms with Gasteiger partial charge in [-0.3, -0.25) is 0 Å². The number of nitrogens with zero attached hydrogens (tertiary/aromatic N) is 3. The highest BCUT2D eigenvalue weighted by Gasteiger charge is 2.32. The van der Waals surface area contributed by atoms with Gasteiger partial charge in [-0.1, -0.05) is 30.3 Å². The summed E-state index contributed by atoms with van der Waals surface area (Å²) in [6.07, 6.45) is 2.49. The molecule has 2 aromatic rings. The molecule has 1 aliphatic carbocycles. The molecule has 0 amide bonds. The Kier molecular flexibility index (Phi) is 3.11. The summed E-state index contributed by atoms with van der Waals surface area (Å²) in [4.78, 5) is 0. The third-order valence-electron chi connectivity index (χ3n) is 3.33. The minimum absolute atomic E-state index is 0.281. The highest BCUT2D eigenvalue weighted by Crippen LogP contribution is 2.42. The fourth-order valence-electron chi connectivity index (χ4n) is 2.19. The minimum atomic E-state index is 0.281. The SMILES string of the molecule is N#Cc1ccc(NC(c2ccccc2)C2CC2)nn1. The van der Waals surface area contributed by atoms with E-state index in [4.69, 9.17) is 5.26 Å². The molecule has 1 atom stereocenters. The first-order valence-corrected chi connectivity index (χ1v) is 6.42. The number of hydrogen-bond acceptors (Lipinski definition) is 4. The Morgan fingerprint density at radius 1 is 1.11 bits per heavy atom. The molecular formula is C15H14N4. The molecule has 4 heteroatoms. The van der Waals surface area contributed by atoms with Gasteiger partial charge in [-0.15, -0.1) is 10.2 Å². The van der Waals surface area contributed by atoms with Gasteiger partial charge in [0.1, 0.15) is 11.9 Å². The lowest BCUT2D eigenvalue weighted by molar-refractivity contribution is 0.673. The minimum Gasteiger partial charge on any atom is -0.361 e. The molecule has 0 radical (unpaired) electrons. The Bertz CT molecular complexity index is 582. The van der Waals surface area contributed by atoms with Crippen LogP contribution in [0.15, 0.2) is 42.5 Å². The van der Waals surface area contributed by atoms with Gasteiger partial charge in [-0.25, -0.2) is 0 Å². The number of benzene rings is 1. The van der Waals surface area contributed by atoms with Crippen molar-refractivity contribution in [2.45, 2.75) is 18.9 Å². The molecule has 1 aliphatic rings. The molecule has 0 spiro atoms. The molecule has 0 aliphatic heterocycles. The van der Waals surface area contributed by atoms with E-state index in [1.807, 2.05) is 18.2 Å². The average molecular weight is 250 g/mol. The topological polar surface area (TPSA) is 61.6 Å². The quantitative estimate of drug-likeness (QED) is 0.906. The highest BCUT2D eigenvalue weighted by atomic mass is 15.2. The first-order chi connectivity index (χ1) is 9.36. The molecule has 0 bridgehead atoms. The van der Waals surface area contributed by atoms with Crippen LogP contribution in [-0.2, 0) is 0 Å². The van der Waals surface area contributed by atoms with E-state index in [-0.39, 0.29) is 6.04 Å². The van der Waals surface area contributed by atoms with Crippen molar-refractivity contribution >= 4 is 5.82 Å². The van der Waals surface area contributed by atoms with Gasteiger partial charge < -0.3 is 5.32 Å². The van der Waals surface area contributed by atoms with Crippen molar-refractivity contribution in [1.82, 2.24) is 10.2 Å². The van der Waals surface area contributed by atoms with Crippen LogP contribution in [-0.4, -0.2) is 10.2 Å². The Hall–Kier alpha value is -2.41. The summed E-state index contributed by atoms with van der Waals surface area (Å²) in [5.74, 6) is 1.39. The first kappa shape index (κ1) is 11.7. The maximum absolute atomic E-state index is 8.71. The predicted molar refractivity (Wildman–Crippen MR) is 72.3 cm³/mol. The van der Waals surface area contributed by atoms with Crippen LogP contribution in [0.25, 0.3) is 0 Å². The van der Waals surface area contributed by atoms with Crippen LogP contribution in [0.5, 0.6) is 0 Å². The number of aromatic nitrogens is 2. The van der Waals surface area contributed by atoms with Crippen LogP contribution < -0.4 is 5.32 Å². The van der Waals surface area contributed by atoms with Gasteiger partial charge >= 0.3 is 0 Å². The lowest BCUT2D eigenvalue weighted by Crippen LogP contribution is -2.14. The second-order valence-corrected chi connectivity index (χ2v) is 4.79. The van der Waals surface area contributed by atoms with E-state index in [1.165, 1.54) is 18.4 Å². The van der Waals surface area contributed by atoms with Crippen LogP contribution in [0.3, 0.4) is 0 Å². The summed E-state index contributed by atoms with van der Waals surface area (Å²) in [6, 6.07) is 16.1. The van der Waals surface area contributed by atoms with Crippen molar-refractivity contribution in [3.05, 3.63) is 53.7 Å². The van der Waals surface area contributed by atoms with Crippen molar-refractivity contribution in [2.75, 3.05) is 5.32 Å². The van der Waals surface area contributed by atoms with Crippen molar-refractivity contribution < 1.29 is 0 Å². The second kappa shape index (κ2) is 5.07. The maximum Gasteiger partial charge on any atom is 0.163 e. The predicted octanol–water partition coefficient (Wildman–Crippen LogP) is 2.91. The molecule has 1 unspecified atom stereocenters. The third kappa shape index (κ3) is 2.71. The van der Waals surface area contributed by atoms with Crippen LogP contribution in [0.4, 0.5) is 5.82 Å². The van der Waals surface area contributed by atoms with Crippen molar-refractivity contribution in [3.8, 4) is 6.07 Å². The van der Waals surface area contributed by atoms with Crippen LogP contribution in [0.2, 0.25) is 0 Å². The molecule has 0 saturated heterocycles. The van der Waals surface area contributed by atoms with E-state index in [1.54, 1.807) is 6.07 Å². The Morgan fingerprint density at radius 2 is 1.89 bits per heavy atom. The van der Waals surface area contributed by atoms with E-state index in [0.29, 0.717) is 11.6 Å². The van der Waals surface area contributed by atoms with E-state index in [2.05, 4.69) is 39.8 Å². The molecule has 94 valence electrons. The Balaban J connectivity index is 1.80. The first-order valence-electron chi connectivity index (χ1n) is 6.42. The lowest BCUT2D eigenvalue weighted by Gasteiger charge is -2.18. The summed E-state index contributed by atoms with van der Waals surface area (Å²) in [5.41, 5.74) is 1.62. The molecule has 1 fully saturated rings. The number of nitriles is 1. The maximum atomic E-state index is 8.71. The van der Waals surface area contributed by atoms with Gasteiger partial charge in [0, 0.05) is 0 Å². The van der Waals surface area contributed by atoms with Gasteiger partial charge in [0.05, 0.1) is 6.04 Å². The van der Waals surface area contributed by atoms with Crippen LogP contribution in [0.1, 0.15) is 30.1 Å². The second-order valence-electron chi connectivity index (χ2n) is 4.79. The average Bonchev–Trinajstić information content (AvgIpc) is 3.31. The number of rotatable bonds is 4. The van der Waals surface area contributed by atoms with Crippen molar-refractivity contribution in [2.24, 2.45) is 5.92 Å². The van der Waals surface area contributed by atoms with E-state index in [9.17, 15) is 0 Å². The Morgan fingerprint density at radius 3 is 2.47 bits per heavy atom. The summed E-state index contributed by atoms with van der Waals surface area (Å²) in [5, 5.41) is 20.0. The smallest absolute Gasteiger partial charge is 0.163 e. The van der Waals surface area contributed by atoms with E-state index < -0.39 is 0 Å². The molecular weight excluding hydrogens is 236 g/mol. The van der Waals surface area contributed by atoms with E-state index in [0.717, 1.165) is 5.82 Å².